The van der Waals surface area contributed by atoms with Gasteiger partial charge in [0.05, 0.1) is 22.2 Å². The van der Waals surface area contributed by atoms with Gasteiger partial charge in [-0.25, -0.2) is 0 Å². The SMILES string of the molecule is COCCN(CCCc1ccccc1)C(=O)c1ccc(Cl)c(NC(=O)c2cccs2)c1. The maximum Gasteiger partial charge on any atom is 0.265 e. The third-order valence-corrected chi connectivity index (χ3v) is 5.99. The third kappa shape index (κ3) is 6.66. The van der Waals surface area contributed by atoms with Crippen molar-refractivity contribution in [2.45, 2.75) is 12.8 Å². The summed E-state index contributed by atoms with van der Waals surface area (Å²) in [6.45, 7) is 1.55. The van der Waals surface area contributed by atoms with E-state index in [9.17, 15) is 9.59 Å². The van der Waals surface area contributed by atoms with Gasteiger partial charge >= 0.3 is 0 Å². The lowest BCUT2D eigenvalue weighted by Gasteiger charge is -2.23. The van der Waals surface area contributed by atoms with Gasteiger partial charge in [-0.1, -0.05) is 48.0 Å². The fourth-order valence-corrected chi connectivity index (χ4v) is 3.95. The van der Waals surface area contributed by atoms with Crippen molar-refractivity contribution in [2.24, 2.45) is 0 Å². The van der Waals surface area contributed by atoms with Crippen LogP contribution in [0, 0.1) is 0 Å². The molecule has 0 radical (unpaired) electrons. The molecule has 3 rings (SSSR count). The van der Waals surface area contributed by atoms with E-state index in [4.69, 9.17) is 16.3 Å². The van der Waals surface area contributed by atoms with Gasteiger partial charge in [-0.3, -0.25) is 9.59 Å². The number of hydrogen-bond donors (Lipinski definition) is 1. The summed E-state index contributed by atoms with van der Waals surface area (Å²) in [7, 11) is 1.62. The number of ether oxygens (including phenoxy) is 1. The summed E-state index contributed by atoms with van der Waals surface area (Å²) in [6, 6.07) is 18.7. The van der Waals surface area contributed by atoms with E-state index < -0.39 is 0 Å². The Morgan fingerprint density at radius 1 is 1.06 bits per heavy atom. The number of benzene rings is 2. The number of carbonyl (C=O) groups excluding carboxylic acids is 2. The van der Waals surface area contributed by atoms with Crippen LogP contribution in [-0.2, 0) is 11.2 Å². The fourth-order valence-electron chi connectivity index (χ4n) is 3.16. The van der Waals surface area contributed by atoms with Crippen LogP contribution in [-0.4, -0.2) is 43.5 Å². The quantitative estimate of drug-likeness (QED) is 0.446. The van der Waals surface area contributed by atoms with Crippen molar-refractivity contribution in [3.63, 3.8) is 0 Å². The van der Waals surface area contributed by atoms with E-state index in [1.165, 1.54) is 16.9 Å². The van der Waals surface area contributed by atoms with Crippen LogP contribution in [0.5, 0.6) is 0 Å². The van der Waals surface area contributed by atoms with E-state index in [0.717, 1.165) is 12.8 Å². The largest absolute Gasteiger partial charge is 0.383 e. The standard InChI is InChI=1S/C24H25ClN2O3S/c1-30-15-14-27(13-5-9-18-7-3-2-4-8-18)24(29)19-11-12-20(25)21(17-19)26-23(28)22-10-6-16-31-22/h2-4,6-8,10-12,16-17H,5,9,13-15H2,1H3,(H,26,28). The second-order valence-electron chi connectivity index (χ2n) is 7.00. The minimum atomic E-state index is -0.249. The highest BCUT2D eigenvalue weighted by atomic mass is 35.5. The minimum absolute atomic E-state index is 0.117. The van der Waals surface area contributed by atoms with Gasteiger partial charge in [0.1, 0.15) is 0 Å². The van der Waals surface area contributed by atoms with Crippen LogP contribution in [0.2, 0.25) is 5.02 Å². The molecule has 0 bridgehead atoms. The molecule has 0 aliphatic heterocycles. The Balaban J connectivity index is 1.69. The van der Waals surface area contributed by atoms with E-state index >= 15 is 0 Å². The van der Waals surface area contributed by atoms with E-state index in [1.807, 2.05) is 29.6 Å². The number of nitrogens with one attached hydrogen (secondary N) is 1. The van der Waals surface area contributed by atoms with E-state index in [-0.39, 0.29) is 11.8 Å². The zero-order valence-corrected chi connectivity index (χ0v) is 18.9. The Hall–Kier alpha value is -2.67. The smallest absolute Gasteiger partial charge is 0.265 e. The molecule has 0 spiro atoms. The van der Waals surface area contributed by atoms with E-state index in [1.54, 1.807) is 36.3 Å². The Labute approximate surface area is 191 Å². The van der Waals surface area contributed by atoms with E-state index in [0.29, 0.717) is 40.8 Å². The molecule has 3 aromatic rings. The van der Waals surface area contributed by atoms with Gasteiger partial charge in [-0.2, -0.15) is 0 Å². The molecule has 0 atom stereocenters. The predicted molar refractivity (Wildman–Crippen MR) is 126 cm³/mol. The molecule has 1 aromatic heterocycles. The van der Waals surface area contributed by atoms with Crippen LogP contribution in [0.3, 0.4) is 0 Å². The number of carbonyl (C=O) groups is 2. The average Bonchev–Trinajstić information content (AvgIpc) is 3.33. The summed E-state index contributed by atoms with van der Waals surface area (Å²) in [6.07, 6.45) is 1.73. The molecule has 0 saturated heterocycles. The van der Waals surface area contributed by atoms with Crippen LogP contribution in [0.25, 0.3) is 0 Å². The number of aryl methyl sites for hydroxylation is 1. The first-order chi connectivity index (χ1) is 15.1. The number of hydrogen-bond acceptors (Lipinski definition) is 4. The second kappa shape index (κ2) is 11.6. The highest BCUT2D eigenvalue weighted by Crippen LogP contribution is 2.25. The van der Waals surface area contributed by atoms with Gasteiger partial charge in [0.25, 0.3) is 11.8 Å². The molecule has 1 heterocycles. The van der Waals surface area contributed by atoms with Crippen LogP contribution >= 0.6 is 22.9 Å². The molecule has 5 nitrogen and oxygen atoms in total. The molecule has 1 N–H and O–H groups in total. The van der Waals surface area contributed by atoms with Crippen LogP contribution in [0.15, 0.2) is 66.0 Å². The molecule has 0 aliphatic carbocycles. The number of anilines is 1. The van der Waals surface area contributed by atoms with Crippen molar-refractivity contribution in [1.29, 1.82) is 0 Å². The van der Waals surface area contributed by atoms with Crippen molar-refractivity contribution in [1.82, 2.24) is 4.90 Å². The maximum absolute atomic E-state index is 13.2. The first kappa shape index (κ1) is 23.0. The fraction of sp³-hybridized carbons (Fsp3) is 0.250. The van der Waals surface area contributed by atoms with Gasteiger partial charge in [0.2, 0.25) is 0 Å². The summed E-state index contributed by atoms with van der Waals surface area (Å²) in [5.74, 6) is -0.367. The normalized spacial score (nSPS) is 10.6. The van der Waals surface area contributed by atoms with E-state index in [2.05, 4.69) is 17.4 Å². The molecular weight excluding hydrogens is 432 g/mol. The average molecular weight is 457 g/mol. The third-order valence-electron chi connectivity index (χ3n) is 4.80. The number of amides is 2. The van der Waals surface area contributed by atoms with Crippen LogP contribution in [0.4, 0.5) is 5.69 Å². The first-order valence-electron chi connectivity index (χ1n) is 10.0. The Kier molecular flexibility index (Phi) is 8.64. The van der Waals surface area contributed by atoms with Gasteiger partial charge in [-0.05, 0) is 48.1 Å². The summed E-state index contributed by atoms with van der Waals surface area (Å²) < 4.78 is 5.19. The van der Waals surface area contributed by atoms with Crippen LogP contribution < -0.4 is 5.32 Å². The van der Waals surface area contributed by atoms with Crippen molar-refractivity contribution in [2.75, 3.05) is 32.1 Å². The minimum Gasteiger partial charge on any atom is -0.383 e. The molecule has 2 amide bonds. The molecule has 0 aliphatic rings. The van der Waals surface area contributed by atoms with Crippen LogP contribution in [0.1, 0.15) is 32.0 Å². The second-order valence-corrected chi connectivity index (χ2v) is 8.36. The van der Waals surface area contributed by atoms with Gasteiger partial charge in [0, 0.05) is 25.8 Å². The zero-order valence-electron chi connectivity index (χ0n) is 17.3. The molecular formula is C24H25ClN2O3S. The molecule has 162 valence electrons. The topological polar surface area (TPSA) is 58.6 Å². The molecule has 0 fully saturated rings. The number of thiophene rings is 1. The summed E-state index contributed by atoms with van der Waals surface area (Å²) in [4.78, 5) is 27.9. The van der Waals surface area contributed by atoms with Crippen molar-refractivity contribution < 1.29 is 14.3 Å². The molecule has 2 aromatic carbocycles. The lowest BCUT2D eigenvalue weighted by atomic mass is 10.1. The number of nitrogens with zero attached hydrogens (tertiary/aromatic N) is 1. The summed E-state index contributed by atoms with van der Waals surface area (Å²) in [5.41, 5.74) is 2.13. The summed E-state index contributed by atoms with van der Waals surface area (Å²) in [5, 5.41) is 5.01. The number of halogens is 1. The Morgan fingerprint density at radius 3 is 2.58 bits per heavy atom. The Morgan fingerprint density at radius 2 is 1.87 bits per heavy atom. The van der Waals surface area contributed by atoms with Gasteiger partial charge < -0.3 is 15.0 Å². The molecule has 0 saturated carbocycles. The highest BCUT2D eigenvalue weighted by molar-refractivity contribution is 7.12. The highest BCUT2D eigenvalue weighted by Gasteiger charge is 2.18. The number of rotatable bonds is 10. The maximum atomic E-state index is 13.2. The monoisotopic (exact) mass is 456 g/mol. The lowest BCUT2D eigenvalue weighted by Crippen LogP contribution is -2.35. The van der Waals surface area contributed by atoms with Crippen molar-refractivity contribution in [3.8, 4) is 0 Å². The predicted octanol–water partition coefficient (Wildman–Crippen LogP) is 5.38. The zero-order chi connectivity index (χ0) is 22.1. The summed E-state index contributed by atoms with van der Waals surface area (Å²) >= 11 is 7.61. The van der Waals surface area contributed by atoms with Crippen molar-refractivity contribution in [3.05, 3.63) is 87.1 Å². The molecule has 0 unspecified atom stereocenters. The van der Waals surface area contributed by atoms with Gasteiger partial charge in [-0.15, -0.1) is 11.3 Å². The lowest BCUT2D eigenvalue weighted by molar-refractivity contribution is 0.0693. The van der Waals surface area contributed by atoms with Gasteiger partial charge in [0.15, 0.2) is 0 Å². The molecule has 7 heteroatoms. The number of methoxy groups -OCH3 is 1. The first-order valence-corrected chi connectivity index (χ1v) is 11.3. The molecule has 31 heavy (non-hydrogen) atoms. The Bertz CT molecular complexity index is 993. The van der Waals surface area contributed by atoms with Crippen molar-refractivity contribution >= 4 is 40.4 Å².